The molecule has 0 atom stereocenters. The van der Waals surface area contributed by atoms with Gasteiger partial charge in [0.1, 0.15) is 0 Å². The maximum Gasteiger partial charge on any atom is 0.323 e. The van der Waals surface area contributed by atoms with Crippen molar-refractivity contribution in [2.45, 2.75) is 26.7 Å². The second-order valence-corrected chi connectivity index (χ2v) is 7.95. The van der Waals surface area contributed by atoms with Gasteiger partial charge in [0.2, 0.25) is 0 Å². The zero-order chi connectivity index (χ0) is 21.7. The molecular weight excluding hydrogens is 423 g/mol. The Kier molecular flexibility index (Phi) is 7.45. The molecule has 0 aliphatic carbocycles. The molecule has 1 fully saturated rings. The van der Waals surface area contributed by atoms with E-state index in [2.05, 4.69) is 15.5 Å². The van der Waals surface area contributed by atoms with Crippen LogP contribution in [0.3, 0.4) is 0 Å². The number of carbonyl (C=O) groups excluding carboxylic acids is 2. The number of nitrogens with one attached hydrogen (secondary N) is 2. The largest absolute Gasteiger partial charge is 0.371 e. The van der Waals surface area contributed by atoms with E-state index in [1.807, 2.05) is 26.0 Å². The Morgan fingerprint density at radius 1 is 1.00 bits per heavy atom. The quantitative estimate of drug-likeness (QED) is 0.593. The van der Waals surface area contributed by atoms with E-state index < -0.39 is 6.03 Å². The predicted octanol–water partition coefficient (Wildman–Crippen LogP) is 5.72. The third kappa shape index (κ3) is 5.18. The lowest BCUT2D eigenvalue weighted by molar-refractivity contribution is 0.0773. The minimum Gasteiger partial charge on any atom is -0.371 e. The minimum atomic E-state index is -0.450. The van der Waals surface area contributed by atoms with Crippen LogP contribution in [-0.2, 0) is 0 Å². The molecule has 2 aromatic carbocycles. The highest BCUT2D eigenvalue weighted by Crippen LogP contribution is 2.29. The predicted molar refractivity (Wildman–Crippen MR) is 124 cm³/mol. The van der Waals surface area contributed by atoms with E-state index in [0.717, 1.165) is 31.6 Å². The van der Waals surface area contributed by atoms with E-state index in [1.165, 1.54) is 0 Å². The zero-order valence-corrected chi connectivity index (χ0v) is 18.7. The number of hydrogen-bond acceptors (Lipinski definition) is 3. The Labute approximate surface area is 187 Å². The van der Waals surface area contributed by atoms with Gasteiger partial charge in [-0.05, 0) is 63.1 Å². The summed E-state index contributed by atoms with van der Waals surface area (Å²) in [5, 5.41) is 6.33. The van der Waals surface area contributed by atoms with Gasteiger partial charge in [-0.2, -0.15) is 0 Å². The summed E-state index contributed by atoms with van der Waals surface area (Å²) in [6.45, 7) is 7.04. The first-order valence-electron chi connectivity index (χ1n) is 10.1. The number of rotatable bonds is 6. The minimum absolute atomic E-state index is 0.0355. The first-order valence-corrected chi connectivity index (χ1v) is 10.9. The number of carbonyl (C=O) groups is 2. The smallest absolute Gasteiger partial charge is 0.323 e. The summed E-state index contributed by atoms with van der Waals surface area (Å²) in [5.74, 6) is -0.0355. The number of urea groups is 1. The van der Waals surface area contributed by atoms with Gasteiger partial charge in [-0.25, -0.2) is 4.79 Å². The van der Waals surface area contributed by atoms with Gasteiger partial charge in [-0.15, -0.1) is 0 Å². The van der Waals surface area contributed by atoms with Crippen molar-refractivity contribution in [2.24, 2.45) is 0 Å². The van der Waals surface area contributed by atoms with E-state index in [4.69, 9.17) is 23.2 Å². The molecule has 30 heavy (non-hydrogen) atoms. The molecule has 0 spiro atoms. The maximum atomic E-state index is 13.1. The highest BCUT2D eigenvalue weighted by molar-refractivity contribution is 6.36. The number of nitrogens with zero attached hydrogens (tertiary/aromatic N) is 2. The molecule has 1 aliphatic rings. The summed E-state index contributed by atoms with van der Waals surface area (Å²) in [6.07, 6.45) is 2.23. The molecule has 2 N–H and O–H groups in total. The third-order valence-corrected chi connectivity index (χ3v) is 5.71. The molecule has 0 aromatic heterocycles. The fraction of sp³-hybridized carbons (Fsp3) is 0.364. The second kappa shape index (κ2) is 10.0. The van der Waals surface area contributed by atoms with Crippen LogP contribution in [0.5, 0.6) is 0 Å². The Morgan fingerprint density at radius 2 is 1.70 bits per heavy atom. The molecule has 3 rings (SSSR count). The molecule has 3 amide bonds. The molecule has 1 heterocycles. The van der Waals surface area contributed by atoms with E-state index in [1.54, 1.807) is 29.2 Å². The third-order valence-electron chi connectivity index (χ3n) is 5.16. The molecule has 2 aromatic rings. The van der Waals surface area contributed by atoms with Gasteiger partial charge in [-0.1, -0.05) is 23.2 Å². The Morgan fingerprint density at radius 3 is 2.33 bits per heavy atom. The van der Waals surface area contributed by atoms with Gasteiger partial charge in [0, 0.05) is 42.6 Å². The van der Waals surface area contributed by atoms with Gasteiger partial charge in [0.25, 0.3) is 5.91 Å². The van der Waals surface area contributed by atoms with Crippen LogP contribution in [0.4, 0.5) is 21.9 Å². The highest BCUT2D eigenvalue weighted by atomic mass is 35.5. The summed E-state index contributed by atoms with van der Waals surface area (Å²) in [7, 11) is 0. The molecule has 0 saturated carbocycles. The number of anilines is 3. The second-order valence-electron chi connectivity index (χ2n) is 7.11. The summed E-state index contributed by atoms with van der Waals surface area (Å²) < 4.78 is 0. The molecule has 6 nitrogen and oxygen atoms in total. The number of halogens is 2. The van der Waals surface area contributed by atoms with Crippen molar-refractivity contribution in [1.82, 2.24) is 4.90 Å². The van der Waals surface area contributed by atoms with Gasteiger partial charge < -0.3 is 20.4 Å². The van der Waals surface area contributed by atoms with Gasteiger partial charge >= 0.3 is 6.03 Å². The Hall–Kier alpha value is -2.44. The summed E-state index contributed by atoms with van der Waals surface area (Å²) >= 11 is 12.0. The van der Waals surface area contributed by atoms with Gasteiger partial charge in [0.15, 0.2) is 0 Å². The lowest BCUT2D eigenvalue weighted by Gasteiger charge is -2.25. The summed E-state index contributed by atoms with van der Waals surface area (Å²) in [6, 6.07) is 9.87. The van der Waals surface area contributed by atoms with Gasteiger partial charge in [-0.3, -0.25) is 4.79 Å². The normalized spacial score (nSPS) is 13.3. The number of amides is 3. The SMILES string of the molecule is CCN(CC)C(=O)c1cc(NC(=O)Nc2ccc(Cl)cc2Cl)ccc1N1CCCC1. The molecule has 1 aliphatic heterocycles. The van der Waals surface area contributed by atoms with Crippen molar-refractivity contribution in [3.05, 3.63) is 52.0 Å². The monoisotopic (exact) mass is 448 g/mol. The van der Waals surface area contributed by atoms with Crippen molar-refractivity contribution in [3.63, 3.8) is 0 Å². The fourth-order valence-electron chi connectivity index (χ4n) is 3.58. The van der Waals surface area contributed by atoms with Crippen LogP contribution in [-0.4, -0.2) is 43.0 Å². The van der Waals surface area contributed by atoms with Crippen LogP contribution in [0, 0.1) is 0 Å². The molecule has 160 valence electrons. The van der Waals surface area contributed by atoms with E-state index >= 15 is 0 Å². The fourth-order valence-corrected chi connectivity index (χ4v) is 4.03. The molecular formula is C22H26Cl2N4O2. The molecule has 0 radical (unpaired) electrons. The van der Waals surface area contributed by atoms with E-state index in [9.17, 15) is 9.59 Å². The van der Waals surface area contributed by atoms with Crippen molar-refractivity contribution >= 4 is 52.2 Å². The average molecular weight is 449 g/mol. The molecule has 1 saturated heterocycles. The Bertz CT molecular complexity index is 925. The van der Waals surface area contributed by atoms with Crippen LogP contribution in [0.25, 0.3) is 0 Å². The lowest BCUT2D eigenvalue weighted by atomic mass is 10.1. The zero-order valence-electron chi connectivity index (χ0n) is 17.2. The summed E-state index contributed by atoms with van der Waals surface area (Å²) in [4.78, 5) is 29.6. The van der Waals surface area contributed by atoms with Crippen LogP contribution >= 0.6 is 23.2 Å². The lowest BCUT2D eigenvalue weighted by Crippen LogP contribution is -2.32. The number of hydrogen-bond donors (Lipinski definition) is 2. The van der Waals surface area contributed by atoms with Gasteiger partial charge in [0.05, 0.1) is 16.3 Å². The molecule has 8 heteroatoms. The number of benzene rings is 2. The first-order chi connectivity index (χ1) is 14.4. The highest BCUT2D eigenvalue weighted by Gasteiger charge is 2.23. The van der Waals surface area contributed by atoms with E-state index in [0.29, 0.717) is 40.1 Å². The summed E-state index contributed by atoms with van der Waals surface area (Å²) in [5.41, 5.74) is 2.50. The van der Waals surface area contributed by atoms with E-state index in [-0.39, 0.29) is 5.91 Å². The maximum absolute atomic E-state index is 13.1. The van der Waals surface area contributed by atoms with Crippen molar-refractivity contribution in [1.29, 1.82) is 0 Å². The van der Waals surface area contributed by atoms with Crippen molar-refractivity contribution < 1.29 is 9.59 Å². The van der Waals surface area contributed by atoms with Crippen molar-refractivity contribution in [2.75, 3.05) is 41.7 Å². The van der Waals surface area contributed by atoms with Crippen LogP contribution < -0.4 is 15.5 Å². The van der Waals surface area contributed by atoms with Crippen LogP contribution in [0.1, 0.15) is 37.0 Å². The van der Waals surface area contributed by atoms with Crippen LogP contribution in [0.2, 0.25) is 10.0 Å². The first kappa shape index (κ1) is 22.2. The molecule has 0 unspecified atom stereocenters. The van der Waals surface area contributed by atoms with Crippen LogP contribution in [0.15, 0.2) is 36.4 Å². The topological polar surface area (TPSA) is 64.7 Å². The molecule has 0 bridgehead atoms. The standard InChI is InChI=1S/C22H26Cl2N4O2/c1-3-27(4-2)21(29)17-14-16(8-10-20(17)28-11-5-6-12-28)25-22(30)26-19-9-7-15(23)13-18(19)24/h7-10,13-14H,3-6,11-12H2,1-2H3,(H2,25,26,30). The van der Waals surface area contributed by atoms with Crippen molar-refractivity contribution in [3.8, 4) is 0 Å². The Balaban J connectivity index is 1.83. The average Bonchev–Trinajstić information content (AvgIpc) is 3.25.